The van der Waals surface area contributed by atoms with Gasteiger partial charge in [0, 0.05) is 119 Å². The molecular weight excluding hydrogens is 2040 g/mol. The molecule has 7 saturated heterocycles. The van der Waals surface area contributed by atoms with Crippen molar-refractivity contribution in [3.05, 3.63) is 183 Å². The number of ether oxygens (including phenoxy) is 6. The van der Waals surface area contributed by atoms with Crippen molar-refractivity contribution >= 4 is 129 Å². The molecular formula is C99H130B2Br3F8N15O14. The lowest BCUT2D eigenvalue weighted by molar-refractivity contribution is -0.0505. The van der Waals surface area contributed by atoms with Crippen molar-refractivity contribution in [1.29, 1.82) is 0 Å². The summed E-state index contributed by atoms with van der Waals surface area (Å²) in [4.78, 5) is 42.1. The molecule has 3 atom stereocenters. The lowest BCUT2D eigenvalue weighted by atomic mass is 9.49. The van der Waals surface area contributed by atoms with Crippen molar-refractivity contribution < 1.29 is 102 Å². The molecule has 29 nitrogen and oxygen atoms in total. The van der Waals surface area contributed by atoms with Gasteiger partial charge in [0.1, 0.15) is 28.6 Å². The van der Waals surface area contributed by atoms with Gasteiger partial charge in [-0.1, -0.05) is 60.2 Å². The average molecular weight is 2170 g/mol. The summed E-state index contributed by atoms with van der Waals surface area (Å²) in [7, 11) is -0.952. The molecule has 5 aromatic heterocycles. The average Bonchev–Trinajstić information content (AvgIpc) is 1.59. The third-order valence-electron chi connectivity index (χ3n) is 25.1. The number of carboxylic acid groups (broad SMARTS) is 1. The zero-order chi connectivity index (χ0) is 99.3. The number of carboxylic acids is 1. The Labute approximate surface area is 844 Å². The number of rotatable bonds is 22. The number of likely N-dealkylation sites (tertiary alicyclic amines) is 2. The number of anilines is 3. The Hall–Kier alpha value is -9.59. The fourth-order valence-electron chi connectivity index (χ4n) is 16.9. The molecule has 0 radical (unpaired) electrons. The third-order valence-corrected chi connectivity index (χ3v) is 26.5. The number of hydrogen-bond acceptors (Lipinski definition) is 21. The summed E-state index contributed by atoms with van der Waals surface area (Å²) in [6.07, 6.45) is 19.6. The highest BCUT2D eigenvalue weighted by atomic mass is 79.9. The molecule has 12 heterocycles. The quantitative estimate of drug-likeness (QED) is 0.0278. The van der Waals surface area contributed by atoms with Crippen LogP contribution in [-0.4, -0.2) is 208 Å². The van der Waals surface area contributed by atoms with E-state index in [-0.39, 0.29) is 104 Å². The van der Waals surface area contributed by atoms with Crippen molar-refractivity contribution in [2.45, 2.75) is 273 Å². The molecule has 6 aromatic carbocycles. The number of nitrogen functional groups attached to an aromatic ring is 1. The highest BCUT2D eigenvalue weighted by molar-refractivity contribution is 9.11. The molecule has 2 amide bonds. The number of piperidine rings is 2. The Morgan fingerprint density at radius 2 is 0.787 bits per heavy atom. The van der Waals surface area contributed by atoms with Crippen molar-refractivity contribution in [2.75, 3.05) is 75.5 Å². The lowest BCUT2D eigenvalue weighted by Gasteiger charge is -2.34. The number of hydrogen-bond donors (Lipinski definition) is 4. The number of aromatic carboxylic acids is 1. The first-order chi connectivity index (χ1) is 65.3. The first kappa shape index (κ1) is 113. The van der Waals surface area contributed by atoms with Gasteiger partial charge in [-0.2, -0.15) is 51.8 Å². The SMILES string of the molecule is C.C.C.CC(C)(F)CN1CCC(n2cc(-c3ccc4c(c3)c(C(=O)Nc3ccc(OC(F)F)cc3)nn4C3CCCCO3)cn2)CC1.CC(C)(F)CN1CCC(n2cc(Br)cn2)CC1.CC1(C)OB(B2OC(C)(C)C(C)(C)O2)OC1(C)C.Nc1ccc(OC(F)F)cc1.O=C(Nc1ccc(OC(F)F)cc1)c1nn(C2CCCCO2)c2ccc(Br)cc12.O=C(O)c1nn(C2CCCCO2)c2ccc(Br)cc12. The molecule has 11 aromatic rings. The molecule has 0 bridgehead atoms. The molecule has 3 unspecified atom stereocenters. The number of nitrogens with zero attached hydrogens (tertiary/aromatic N) is 12. The maximum atomic E-state index is 14.1. The van der Waals surface area contributed by atoms with Crippen LogP contribution in [0.1, 0.15) is 251 Å². The van der Waals surface area contributed by atoms with Crippen LogP contribution in [0.5, 0.6) is 17.2 Å². The summed E-state index contributed by atoms with van der Waals surface area (Å²) < 4.78 is 167. The van der Waals surface area contributed by atoms with Gasteiger partial charge < -0.3 is 78.3 Å². The number of nitrogens with two attached hydrogens (primary N) is 1. The second-order valence-corrected chi connectivity index (χ2v) is 40.7. The molecule has 0 saturated carbocycles. The van der Waals surface area contributed by atoms with E-state index >= 15 is 0 Å². The van der Waals surface area contributed by atoms with E-state index in [1.54, 1.807) is 47.8 Å². The summed E-state index contributed by atoms with van der Waals surface area (Å²) in [5, 5.41) is 39.3. The monoisotopic (exact) mass is 2160 g/mol. The van der Waals surface area contributed by atoms with Crippen LogP contribution in [0.15, 0.2) is 166 Å². The third kappa shape index (κ3) is 30.5. The Kier molecular flexibility index (Phi) is 39.7. The van der Waals surface area contributed by atoms with Gasteiger partial charge in [-0.05, 0) is 309 Å². The highest BCUT2D eigenvalue weighted by Crippen LogP contribution is 2.45. The van der Waals surface area contributed by atoms with Crippen molar-refractivity contribution in [3.8, 4) is 28.4 Å². The van der Waals surface area contributed by atoms with Gasteiger partial charge in [0.2, 0.25) is 0 Å². The zero-order valence-corrected chi connectivity index (χ0v) is 83.9. The molecule has 7 fully saturated rings. The van der Waals surface area contributed by atoms with E-state index in [1.807, 2.05) is 138 Å². The lowest BCUT2D eigenvalue weighted by Crippen LogP contribution is -2.41. The van der Waals surface area contributed by atoms with E-state index in [0.717, 1.165) is 151 Å². The normalized spacial score (nSPS) is 19.2. The van der Waals surface area contributed by atoms with Crippen LogP contribution >= 0.6 is 47.8 Å². The summed E-state index contributed by atoms with van der Waals surface area (Å²) >= 11 is 10.2. The van der Waals surface area contributed by atoms with Crippen LogP contribution in [0.25, 0.3) is 43.8 Å². The van der Waals surface area contributed by atoms with E-state index in [4.69, 9.17) is 43.7 Å². The van der Waals surface area contributed by atoms with Crippen molar-refractivity contribution in [3.63, 3.8) is 0 Å². The van der Waals surface area contributed by atoms with E-state index in [2.05, 4.69) is 103 Å². The Balaban J connectivity index is 0.000000184. The largest absolute Gasteiger partial charge is 0.488 e. The molecule has 5 N–H and O–H groups in total. The zero-order valence-electron chi connectivity index (χ0n) is 79.1. The maximum Gasteiger partial charge on any atom is 0.488 e. The number of aromatic nitrogens is 10. The van der Waals surface area contributed by atoms with Gasteiger partial charge in [0.15, 0.2) is 35.8 Å². The second-order valence-electron chi connectivity index (χ2n) is 37.9. The Morgan fingerprint density at radius 1 is 0.454 bits per heavy atom. The molecule has 42 heteroatoms. The van der Waals surface area contributed by atoms with E-state index < -0.39 is 63.0 Å². The standard InChI is InChI=1S/C32H37F3N6O3.C20H18BrF2N3O3.C13H13BrN2O3.C12H24B2O4.C12H19BrFN3.C7H7F2NO.3CH4/c1-32(2,35)20-39-14-12-24(13-15-39)40-19-22(18-36-40)21-6-11-27-26(17-21)29(38-41(27)28-5-3-4-16-43-28)30(42)37-23-7-9-25(10-8-23)44-31(33)34;21-12-4-9-16-15(11-12)18(25-26(16)17-3-1-2-10-28-17)19(27)24-13-5-7-14(8-6-13)29-20(22)23;14-8-4-5-10-9(7-8)12(13(17)18)15-16(10)11-3-1-2-6-19-11;1-9(2)10(3,4)16-13(15-9)14-17-11(5,6)12(7,8)18-14;1-12(2,14)9-16-5-3-11(4-6-16)17-8-10(13)7-15-17;8-7(9)11-6-3-1-5(10)2-4-6;;;/h6-11,17-19,24,28,31H,3-5,12-16,20H2,1-2H3,(H,37,42);4-9,11,17,20H,1-3,10H2,(H,24,27);4-5,7,11H,1-3,6H2,(H,17,18);1-8H3;7-8,11H,3-6,9H2,1-2H3;1-4,7H,10H2;3*1H4. The van der Waals surface area contributed by atoms with Crippen LogP contribution in [0.3, 0.4) is 0 Å². The Bertz CT molecular complexity index is 5810. The minimum Gasteiger partial charge on any atom is -0.476 e. The fourth-order valence-corrected chi connectivity index (χ4v) is 17.9. The summed E-state index contributed by atoms with van der Waals surface area (Å²) in [5.74, 6) is -1.70. The van der Waals surface area contributed by atoms with Gasteiger partial charge in [0.05, 0.1) is 67.9 Å². The van der Waals surface area contributed by atoms with Crippen LogP contribution in [0.4, 0.5) is 52.2 Å². The fraction of sp³-hybridized carbons (Fsp3) is 0.515. The Morgan fingerprint density at radius 3 is 1.12 bits per heavy atom. The van der Waals surface area contributed by atoms with E-state index in [9.17, 15) is 54.6 Å². The number of nitrogens with one attached hydrogen (secondary N) is 2. The molecule has 18 rings (SSSR count). The molecule has 141 heavy (non-hydrogen) atoms. The number of alkyl halides is 8. The van der Waals surface area contributed by atoms with Crippen LogP contribution in [0.2, 0.25) is 0 Å². The second kappa shape index (κ2) is 49.3. The predicted molar refractivity (Wildman–Crippen MR) is 541 cm³/mol. The van der Waals surface area contributed by atoms with Crippen LogP contribution < -0.4 is 30.6 Å². The van der Waals surface area contributed by atoms with Gasteiger partial charge in [-0.15, -0.1) is 0 Å². The van der Waals surface area contributed by atoms with Crippen molar-refractivity contribution in [1.82, 2.24) is 58.7 Å². The number of benzene rings is 6. The molecule has 768 valence electrons. The van der Waals surface area contributed by atoms with Gasteiger partial charge in [0.25, 0.3) is 11.8 Å². The smallest absolute Gasteiger partial charge is 0.476 e. The maximum absolute atomic E-state index is 14.1. The molecule has 7 aliphatic rings. The van der Waals surface area contributed by atoms with Crippen LogP contribution in [0, 0.1) is 0 Å². The summed E-state index contributed by atoms with van der Waals surface area (Å²) in [5.41, 5.74) is 7.73. The van der Waals surface area contributed by atoms with Gasteiger partial charge in [-0.3, -0.25) is 19.0 Å². The number of amides is 2. The van der Waals surface area contributed by atoms with E-state index in [0.29, 0.717) is 72.2 Å². The molecule has 7 aliphatic heterocycles. The van der Waals surface area contributed by atoms with Gasteiger partial charge >= 0.3 is 39.8 Å². The van der Waals surface area contributed by atoms with Crippen LogP contribution in [-0.2, 0) is 32.8 Å². The minimum atomic E-state index is -2.93. The number of halogens is 11. The first-order valence-electron chi connectivity index (χ1n) is 46.1. The van der Waals surface area contributed by atoms with E-state index in [1.165, 1.54) is 72.8 Å². The number of carbonyl (C=O) groups is 3. The first-order valence-corrected chi connectivity index (χ1v) is 48.5. The highest BCUT2D eigenvalue weighted by Gasteiger charge is 2.64. The van der Waals surface area contributed by atoms with Crippen molar-refractivity contribution in [2.24, 2.45) is 0 Å². The predicted octanol–water partition coefficient (Wildman–Crippen LogP) is 24.4. The minimum absolute atomic E-state index is 0. The summed E-state index contributed by atoms with van der Waals surface area (Å²) in [6.45, 7) is 20.6. The summed E-state index contributed by atoms with van der Waals surface area (Å²) in [6, 6.07) is 35.0. The number of carbonyl (C=O) groups excluding carboxylic acids is 2. The topological polar surface area (TPSA) is 309 Å². The molecule has 0 spiro atoms. The number of fused-ring (bicyclic) bond motifs is 3. The van der Waals surface area contributed by atoms with Gasteiger partial charge in [-0.25, -0.2) is 27.6 Å². The molecule has 0 aliphatic carbocycles.